The van der Waals surface area contributed by atoms with Gasteiger partial charge in [0.2, 0.25) is 10.0 Å². The summed E-state index contributed by atoms with van der Waals surface area (Å²) in [5, 5.41) is 0. The second kappa shape index (κ2) is 5.23. The maximum Gasteiger partial charge on any atom is 0.218 e. The highest BCUT2D eigenvalue weighted by Gasteiger charge is 2.25. The van der Waals surface area contributed by atoms with Crippen LogP contribution in [0.5, 0.6) is 0 Å². The first-order chi connectivity index (χ1) is 6.91. The van der Waals surface area contributed by atoms with Crippen LogP contribution in [0.1, 0.15) is 32.6 Å². The maximum atomic E-state index is 11.6. The summed E-state index contributed by atoms with van der Waals surface area (Å²) in [7, 11) is -3.33. The third-order valence-electron chi connectivity index (χ3n) is 2.77. The topological polar surface area (TPSA) is 72.2 Å². The van der Waals surface area contributed by atoms with Gasteiger partial charge in [-0.3, -0.25) is 0 Å². The van der Waals surface area contributed by atoms with Crippen LogP contribution in [0.15, 0.2) is 0 Å². The number of nitrogens with two attached hydrogens (primary N) is 1. The summed E-state index contributed by atoms with van der Waals surface area (Å²) in [6, 6.07) is 0.0538. The summed E-state index contributed by atoms with van der Waals surface area (Å²) < 4.78 is 25.8. The summed E-state index contributed by atoms with van der Waals surface area (Å²) >= 11 is 4.60. The number of hydrogen-bond donors (Lipinski definition) is 2. The molecule has 0 aromatic heterocycles. The molecule has 0 heterocycles. The Kier molecular flexibility index (Phi) is 4.48. The molecule has 1 aliphatic rings. The highest BCUT2D eigenvalue weighted by atomic mass is 32.2. The zero-order valence-electron chi connectivity index (χ0n) is 8.90. The zero-order chi connectivity index (χ0) is 11.5. The number of nitrogens with one attached hydrogen (secondary N) is 1. The molecule has 0 aromatic rings. The predicted octanol–water partition coefficient (Wildman–Crippen LogP) is 0.771. The van der Waals surface area contributed by atoms with E-state index in [9.17, 15) is 8.42 Å². The standard InChI is InChI=1S/C9H18N2O2S2/c1-7-4-2-3-5-8(7)11-15(12,13)6-9(10)14/h7-8,11H,2-6H2,1H3,(H2,10,14). The van der Waals surface area contributed by atoms with Gasteiger partial charge < -0.3 is 5.73 Å². The van der Waals surface area contributed by atoms with Gasteiger partial charge in [0.1, 0.15) is 5.75 Å². The highest BCUT2D eigenvalue weighted by Crippen LogP contribution is 2.24. The van der Waals surface area contributed by atoms with Gasteiger partial charge in [-0.15, -0.1) is 0 Å². The Hall–Kier alpha value is -0.200. The fourth-order valence-corrected chi connectivity index (χ4v) is 3.69. The third-order valence-corrected chi connectivity index (χ3v) is 4.45. The summed E-state index contributed by atoms with van der Waals surface area (Å²) in [5.41, 5.74) is 5.23. The third kappa shape index (κ3) is 4.44. The van der Waals surface area contributed by atoms with E-state index in [0.29, 0.717) is 5.92 Å². The molecule has 0 amide bonds. The molecule has 0 radical (unpaired) electrons. The van der Waals surface area contributed by atoms with Gasteiger partial charge in [0.25, 0.3) is 0 Å². The van der Waals surface area contributed by atoms with E-state index in [1.807, 2.05) is 0 Å². The monoisotopic (exact) mass is 250 g/mol. The molecule has 2 atom stereocenters. The van der Waals surface area contributed by atoms with Crippen LogP contribution in [0.2, 0.25) is 0 Å². The molecule has 4 nitrogen and oxygen atoms in total. The second-order valence-corrected chi connectivity index (χ2v) is 6.49. The molecule has 1 rings (SSSR count). The minimum atomic E-state index is -3.33. The van der Waals surface area contributed by atoms with E-state index in [-0.39, 0.29) is 16.8 Å². The average Bonchev–Trinajstić information content (AvgIpc) is 2.06. The van der Waals surface area contributed by atoms with Gasteiger partial charge in [0.15, 0.2) is 0 Å². The van der Waals surface area contributed by atoms with E-state index in [0.717, 1.165) is 19.3 Å². The molecule has 1 aliphatic carbocycles. The lowest BCUT2D eigenvalue weighted by Crippen LogP contribution is -2.43. The molecule has 0 bridgehead atoms. The largest absolute Gasteiger partial charge is 0.392 e. The Morgan fingerprint density at radius 2 is 2.07 bits per heavy atom. The first kappa shape index (κ1) is 12.9. The molecular weight excluding hydrogens is 232 g/mol. The Bertz CT molecular complexity index is 327. The quantitative estimate of drug-likeness (QED) is 0.723. The Labute approximate surface area is 96.7 Å². The minimum Gasteiger partial charge on any atom is -0.392 e. The van der Waals surface area contributed by atoms with Crippen LogP contribution < -0.4 is 10.5 Å². The van der Waals surface area contributed by atoms with Gasteiger partial charge >= 0.3 is 0 Å². The Morgan fingerprint density at radius 1 is 1.47 bits per heavy atom. The minimum absolute atomic E-state index is 0.0194. The highest BCUT2D eigenvalue weighted by molar-refractivity contribution is 7.92. The fourth-order valence-electron chi connectivity index (χ4n) is 1.95. The molecule has 2 unspecified atom stereocenters. The van der Waals surface area contributed by atoms with Crippen molar-refractivity contribution >= 4 is 27.2 Å². The maximum absolute atomic E-state index is 11.6. The van der Waals surface area contributed by atoms with E-state index in [1.54, 1.807) is 0 Å². The van der Waals surface area contributed by atoms with Crippen molar-refractivity contribution in [1.82, 2.24) is 4.72 Å². The molecule has 1 fully saturated rings. The van der Waals surface area contributed by atoms with Gasteiger partial charge in [0.05, 0.1) is 4.99 Å². The van der Waals surface area contributed by atoms with Gasteiger partial charge in [0, 0.05) is 6.04 Å². The van der Waals surface area contributed by atoms with E-state index in [2.05, 4.69) is 23.9 Å². The average molecular weight is 250 g/mol. The molecular formula is C9H18N2O2S2. The van der Waals surface area contributed by atoms with Crippen LogP contribution in [0.25, 0.3) is 0 Å². The lowest BCUT2D eigenvalue weighted by molar-refractivity contribution is 0.311. The van der Waals surface area contributed by atoms with E-state index < -0.39 is 10.0 Å². The van der Waals surface area contributed by atoms with Crippen molar-refractivity contribution in [1.29, 1.82) is 0 Å². The van der Waals surface area contributed by atoms with Crippen molar-refractivity contribution in [3.63, 3.8) is 0 Å². The summed E-state index contributed by atoms with van der Waals surface area (Å²) in [5.74, 6) is 0.158. The predicted molar refractivity (Wildman–Crippen MR) is 65.1 cm³/mol. The molecule has 15 heavy (non-hydrogen) atoms. The number of hydrogen-bond acceptors (Lipinski definition) is 3. The van der Waals surface area contributed by atoms with Gasteiger partial charge in [-0.2, -0.15) is 0 Å². The lowest BCUT2D eigenvalue weighted by Gasteiger charge is -2.29. The van der Waals surface area contributed by atoms with Gasteiger partial charge in [-0.05, 0) is 18.8 Å². The van der Waals surface area contributed by atoms with Crippen molar-refractivity contribution in [3.8, 4) is 0 Å². The van der Waals surface area contributed by atoms with Crippen LogP contribution >= 0.6 is 12.2 Å². The number of rotatable bonds is 4. The smallest absolute Gasteiger partial charge is 0.218 e. The fraction of sp³-hybridized carbons (Fsp3) is 0.889. The molecule has 88 valence electrons. The van der Waals surface area contributed by atoms with Crippen LogP contribution in [0.3, 0.4) is 0 Å². The van der Waals surface area contributed by atoms with Crippen LogP contribution in [-0.4, -0.2) is 25.2 Å². The molecule has 0 aromatic carbocycles. The molecule has 1 saturated carbocycles. The van der Waals surface area contributed by atoms with Gasteiger partial charge in [-0.25, -0.2) is 13.1 Å². The molecule has 6 heteroatoms. The number of thiocarbonyl (C=S) groups is 1. The van der Waals surface area contributed by atoms with Crippen LogP contribution in [0.4, 0.5) is 0 Å². The summed E-state index contributed by atoms with van der Waals surface area (Å²) in [6.07, 6.45) is 4.28. The SMILES string of the molecule is CC1CCCCC1NS(=O)(=O)CC(N)=S. The molecule has 0 saturated heterocycles. The Balaban J connectivity index is 2.55. The van der Waals surface area contributed by atoms with E-state index in [1.165, 1.54) is 6.42 Å². The number of sulfonamides is 1. The van der Waals surface area contributed by atoms with Crippen LogP contribution in [0, 0.1) is 5.92 Å². The van der Waals surface area contributed by atoms with E-state index >= 15 is 0 Å². The normalized spacial score (nSPS) is 27.5. The summed E-state index contributed by atoms with van der Waals surface area (Å²) in [6.45, 7) is 2.08. The van der Waals surface area contributed by atoms with Crippen molar-refractivity contribution in [2.75, 3.05) is 5.75 Å². The first-order valence-electron chi connectivity index (χ1n) is 5.19. The summed E-state index contributed by atoms with van der Waals surface area (Å²) in [4.78, 5) is 0.0194. The van der Waals surface area contributed by atoms with Gasteiger partial charge in [-0.1, -0.05) is 32.0 Å². The second-order valence-electron chi connectivity index (χ2n) is 4.21. The van der Waals surface area contributed by atoms with Crippen molar-refractivity contribution in [2.24, 2.45) is 11.7 Å². The first-order valence-corrected chi connectivity index (χ1v) is 7.25. The van der Waals surface area contributed by atoms with Crippen LogP contribution in [-0.2, 0) is 10.0 Å². The van der Waals surface area contributed by atoms with Crippen molar-refractivity contribution in [3.05, 3.63) is 0 Å². The Morgan fingerprint density at radius 3 is 2.60 bits per heavy atom. The molecule has 0 aliphatic heterocycles. The van der Waals surface area contributed by atoms with Crippen molar-refractivity contribution in [2.45, 2.75) is 38.6 Å². The molecule has 3 N–H and O–H groups in total. The zero-order valence-corrected chi connectivity index (χ0v) is 10.5. The van der Waals surface area contributed by atoms with Crippen molar-refractivity contribution < 1.29 is 8.42 Å². The van der Waals surface area contributed by atoms with E-state index in [4.69, 9.17) is 5.73 Å². The lowest BCUT2D eigenvalue weighted by atomic mass is 9.87. The molecule has 0 spiro atoms.